The van der Waals surface area contributed by atoms with Gasteiger partial charge < -0.3 is 4.74 Å². The normalized spacial score (nSPS) is 12.9. The Kier molecular flexibility index (Phi) is 3.29. The summed E-state index contributed by atoms with van der Waals surface area (Å²) >= 11 is -0.568. The Labute approximate surface area is 106 Å². The van der Waals surface area contributed by atoms with Gasteiger partial charge in [-0.2, -0.15) is 22.4 Å². The van der Waals surface area contributed by atoms with Gasteiger partial charge in [0.25, 0.3) is 0 Å². The van der Waals surface area contributed by atoms with Crippen LogP contribution in [0.5, 0.6) is 5.75 Å². The molecule has 0 atom stereocenters. The lowest BCUT2D eigenvalue weighted by Crippen LogP contribution is -2.17. The molecule has 0 saturated heterocycles. The minimum Gasteiger partial charge on any atom is -0.406 e. The van der Waals surface area contributed by atoms with Crippen molar-refractivity contribution < 1.29 is 31.1 Å². The van der Waals surface area contributed by atoms with Gasteiger partial charge in [-0.3, -0.25) is 0 Å². The van der Waals surface area contributed by atoms with Crippen molar-refractivity contribution in [2.24, 2.45) is 0 Å². The molecule has 0 radical (unpaired) electrons. The average Bonchev–Trinajstić information content (AvgIpc) is 2.56. The molecule has 3 nitrogen and oxygen atoms in total. The SMILES string of the molecule is FC(F)(F)Oc1ccc2cnn(SC(F)(F)F)c2c1. The van der Waals surface area contributed by atoms with Crippen LogP contribution in [-0.2, 0) is 0 Å². The molecule has 104 valence electrons. The molecule has 1 heterocycles. The van der Waals surface area contributed by atoms with Gasteiger partial charge in [-0.15, -0.1) is 13.2 Å². The standard InChI is InChI=1S/C9H4F6N2OS/c10-8(11,12)18-6-2-1-5-4-16-17(7(5)3-6)19-9(13,14)15/h1-4H. The number of aromatic nitrogens is 2. The maximum absolute atomic E-state index is 12.2. The van der Waals surface area contributed by atoms with E-state index in [1.54, 1.807) is 0 Å². The quantitative estimate of drug-likeness (QED) is 0.786. The minimum absolute atomic E-state index is 0.121. The summed E-state index contributed by atoms with van der Waals surface area (Å²) in [5.41, 5.74) is -4.72. The van der Waals surface area contributed by atoms with Gasteiger partial charge in [0.2, 0.25) is 0 Å². The second kappa shape index (κ2) is 4.51. The van der Waals surface area contributed by atoms with Gasteiger partial charge in [0.05, 0.1) is 23.7 Å². The van der Waals surface area contributed by atoms with Crippen LogP contribution < -0.4 is 4.74 Å². The van der Waals surface area contributed by atoms with Gasteiger partial charge in [0.15, 0.2) is 0 Å². The van der Waals surface area contributed by atoms with E-state index in [9.17, 15) is 26.3 Å². The van der Waals surface area contributed by atoms with Crippen LogP contribution in [0.2, 0.25) is 0 Å². The molecular formula is C9H4F6N2OS. The minimum atomic E-state index is -4.91. The van der Waals surface area contributed by atoms with Gasteiger partial charge in [0, 0.05) is 11.5 Å². The maximum atomic E-state index is 12.2. The molecule has 0 N–H and O–H groups in total. The van der Waals surface area contributed by atoms with Gasteiger partial charge >= 0.3 is 11.9 Å². The van der Waals surface area contributed by atoms with Crippen molar-refractivity contribution in [1.82, 2.24) is 9.19 Å². The highest BCUT2D eigenvalue weighted by Gasteiger charge is 2.33. The lowest BCUT2D eigenvalue weighted by atomic mass is 10.2. The molecule has 0 bridgehead atoms. The van der Waals surface area contributed by atoms with Crippen molar-refractivity contribution in [2.45, 2.75) is 11.9 Å². The fourth-order valence-electron chi connectivity index (χ4n) is 1.34. The zero-order chi connectivity index (χ0) is 14.3. The molecule has 0 unspecified atom stereocenters. The molecule has 0 aliphatic heterocycles. The highest BCUT2D eigenvalue weighted by Crippen LogP contribution is 2.34. The lowest BCUT2D eigenvalue weighted by Gasteiger charge is -2.09. The number of halogens is 6. The van der Waals surface area contributed by atoms with Gasteiger partial charge in [-0.25, -0.2) is 0 Å². The molecule has 1 aromatic heterocycles. The molecular weight excluding hydrogens is 298 g/mol. The lowest BCUT2D eigenvalue weighted by molar-refractivity contribution is -0.274. The topological polar surface area (TPSA) is 27.1 Å². The van der Waals surface area contributed by atoms with Crippen molar-refractivity contribution in [3.8, 4) is 5.75 Å². The fourth-order valence-corrected chi connectivity index (χ4v) is 1.89. The van der Waals surface area contributed by atoms with Gasteiger partial charge in [0.1, 0.15) is 5.75 Å². The van der Waals surface area contributed by atoms with E-state index in [4.69, 9.17) is 0 Å². The predicted octanol–water partition coefficient (Wildman–Crippen LogP) is 3.95. The Morgan fingerprint density at radius 2 is 1.79 bits per heavy atom. The Hall–Kier alpha value is -1.58. The van der Waals surface area contributed by atoms with Crippen molar-refractivity contribution in [2.75, 3.05) is 0 Å². The molecule has 0 spiro atoms. The van der Waals surface area contributed by atoms with E-state index >= 15 is 0 Å². The van der Waals surface area contributed by atoms with Crippen LogP contribution in [0.25, 0.3) is 10.9 Å². The zero-order valence-electron chi connectivity index (χ0n) is 8.79. The van der Waals surface area contributed by atoms with Gasteiger partial charge in [-0.05, 0) is 12.1 Å². The van der Waals surface area contributed by atoms with Crippen molar-refractivity contribution in [1.29, 1.82) is 0 Å². The van der Waals surface area contributed by atoms with Gasteiger partial charge in [-0.1, -0.05) is 0 Å². The van der Waals surface area contributed by atoms with Crippen LogP contribution in [0, 0.1) is 0 Å². The smallest absolute Gasteiger partial charge is 0.406 e. The average molecular weight is 302 g/mol. The third kappa shape index (κ3) is 3.69. The van der Waals surface area contributed by atoms with E-state index in [-0.39, 0.29) is 10.9 Å². The molecule has 0 amide bonds. The van der Waals surface area contributed by atoms with Crippen LogP contribution in [-0.4, -0.2) is 21.1 Å². The van der Waals surface area contributed by atoms with E-state index in [2.05, 4.69) is 9.84 Å². The molecule has 1 aromatic carbocycles. The Morgan fingerprint density at radius 3 is 2.37 bits per heavy atom. The number of rotatable bonds is 2. The number of ether oxygens (including phenoxy) is 1. The molecule has 10 heteroatoms. The summed E-state index contributed by atoms with van der Waals surface area (Å²) in [4.78, 5) is 0. The highest BCUT2D eigenvalue weighted by atomic mass is 32.2. The summed E-state index contributed by atoms with van der Waals surface area (Å²) in [6.07, 6.45) is -3.79. The molecule has 0 saturated carbocycles. The van der Waals surface area contributed by atoms with Crippen LogP contribution in [0.15, 0.2) is 24.4 Å². The maximum Gasteiger partial charge on any atom is 0.573 e. The van der Waals surface area contributed by atoms with E-state index < -0.39 is 29.6 Å². The third-order valence-corrected chi connectivity index (χ3v) is 2.60. The van der Waals surface area contributed by atoms with Crippen LogP contribution >= 0.6 is 11.9 Å². The molecule has 2 rings (SSSR count). The molecule has 19 heavy (non-hydrogen) atoms. The highest BCUT2D eigenvalue weighted by molar-refractivity contribution is 7.98. The van der Waals surface area contributed by atoms with Crippen molar-refractivity contribution in [3.63, 3.8) is 0 Å². The number of hydrogen-bond donors (Lipinski definition) is 0. The number of hydrogen-bond acceptors (Lipinski definition) is 3. The second-order valence-electron chi connectivity index (χ2n) is 3.32. The Bertz CT molecular complexity index is 590. The largest absolute Gasteiger partial charge is 0.573 e. The summed E-state index contributed by atoms with van der Waals surface area (Å²) in [6, 6.07) is 3.03. The molecule has 0 aliphatic rings. The first-order valence-electron chi connectivity index (χ1n) is 4.64. The fraction of sp³-hybridized carbons (Fsp3) is 0.222. The number of nitrogens with zero attached hydrogens (tertiary/aromatic N) is 2. The van der Waals surface area contributed by atoms with Crippen LogP contribution in [0.1, 0.15) is 0 Å². The van der Waals surface area contributed by atoms with E-state index in [0.29, 0.717) is 4.09 Å². The van der Waals surface area contributed by atoms with Crippen LogP contribution in [0.4, 0.5) is 26.3 Å². The summed E-state index contributed by atoms with van der Waals surface area (Å²) in [5, 5.41) is 3.71. The third-order valence-electron chi connectivity index (χ3n) is 1.93. The van der Waals surface area contributed by atoms with Crippen LogP contribution in [0.3, 0.4) is 0 Å². The van der Waals surface area contributed by atoms with Crippen molar-refractivity contribution >= 4 is 22.9 Å². The summed E-state index contributed by atoms with van der Waals surface area (Å²) in [5.74, 6) is -0.607. The zero-order valence-corrected chi connectivity index (χ0v) is 9.60. The molecule has 2 aromatic rings. The number of fused-ring (bicyclic) bond motifs is 1. The van der Waals surface area contributed by atoms with E-state index in [0.717, 1.165) is 18.3 Å². The second-order valence-corrected chi connectivity index (χ2v) is 4.31. The summed E-state index contributed by atoms with van der Waals surface area (Å²) < 4.78 is 76.8. The van der Waals surface area contributed by atoms with E-state index in [1.165, 1.54) is 6.07 Å². The Morgan fingerprint density at radius 1 is 1.11 bits per heavy atom. The first-order valence-corrected chi connectivity index (χ1v) is 5.41. The first-order chi connectivity index (χ1) is 8.64. The summed E-state index contributed by atoms with van der Waals surface area (Å²) in [7, 11) is 0. The monoisotopic (exact) mass is 302 g/mol. The Balaban J connectivity index is 2.37. The molecule has 0 fully saturated rings. The number of alkyl halides is 6. The first kappa shape index (κ1) is 13.8. The predicted molar refractivity (Wildman–Crippen MR) is 55.5 cm³/mol. The number of benzene rings is 1. The summed E-state index contributed by atoms with van der Waals surface area (Å²) in [6.45, 7) is 0. The molecule has 0 aliphatic carbocycles. The van der Waals surface area contributed by atoms with Crippen molar-refractivity contribution in [3.05, 3.63) is 24.4 Å². The van der Waals surface area contributed by atoms with E-state index in [1.807, 2.05) is 0 Å².